The van der Waals surface area contributed by atoms with E-state index in [1.165, 1.54) is 18.1 Å². The van der Waals surface area contributed by atoms with E-state index in [1.54, 1.807) is 6.08 Å². The summed E-state index contributed by atoms with van der Waals surface area (Å²) >= 11 is 0. The van der Waals surface area contributed by atoms with Crippen LogP contribution < -0.4 is 11.5 Å². The Bertz CT molecular complexity index is 1640. The zero-order valence-electron chi connectivity index (χ0n) is 35.6. The van der Waals surface area contributed by atoms with E-state index in [9.17, 15) is 64.7 Å². The van der Waals surface area contributed by atoms with Gasteiger partial charge in [0.15, 0.2) is 43.3 Å². The van der Waals surface area contributed by atoms with Gasteiger partial charge in [0.05, 0.1) is 32.5 Å². The molecule has 63 heavy (non-hydrogen) atoms. The van der Waals surface area contributed by atoms with Crippen molar-refractivity contribution in [1.29, 1.82) is 0 Å². The fourth-order valence-electron chi connectivity index (χ4n) is 6.63. The summed E-state index contributed by atoms with van der Waals surface area (Å²) in [6, 6.07) is 0. The first-order valence-corrected chi connectivity index (χ1v) is 21.6. The molecular weight excluding hydrogens is 867 g/mol. The van der Waals surface area contributed by atoms with E-state index in [0.717, 1.165) is 24.8 Å². The van der Waals surface area contributed by atoms with Crippen LogP contribution in [0.15, 0.2) is 34.9 Å². The number of aliphatic hydroxyl groups excluding tert-OH is 7. The maximum atomic E-state index is 13.3. The minimum absolute atomic E-state index is 0.216. The van der Waals surface area contributed by atoms with Crippen LogP contribution in [-0.2, 0) is 56.4 Å². The number of aliphatic carboxylic acids is 1. The van der Waals surface area contributed by atoms with Gasteiger partial charge in [0.1, 0.15) is 42.7 Å². The molecule has 24 nitrogen and oxygen atoms in total. The van der Waals surface area contributed by atoms with Crippen LogP contribution >= 0.6 is 7.82 Å². The van der Waals surface area contributed by atoms with Gasteiger partial charge >= 0.3 is 19.9 Å². The third-order valence-corrected chi connectivity index (χ3v) is 11.3. The molecule has 362 valence electrons. The number of carbonyl (C=O) groups is 3. The van der Waals surface area contributed by atoms with Crippen LogP contribution in [-0.4, -0.2) is 182 Å². The highest BCUT2D eigenvalue weighted by Crippen LogP contribution is 2.48. The Hall–Kier alpha value is -2.98. The van der Waals surface area contributed by atoms with Gasteiger partial charge in [0.2, 0.25) is 5.91 Å². The largest absolute Gasteiger partial charge is 0.479 e. The number of amides is 2. The maximum absolute atomic E-state index is 13.3. The number of primary amides is 2. The lowest BCUT2D eigenvalue weighted by molar-refractivity contribution is -0.354. The number of rotatable bonds is 23. The average Bonchev–Trinajstić information content (AvgIpc) is 3.20. The zero-order valence-corrected chi connectivity index (χ0v) is 36.5. The Morgan fingerprint density at radius 2 is 1.37 bits per heavy atom. The van der Waals surface area contributed by atoms with Gasteiger partial charge in [-0.3, -0.25) is 13.8 Å². The van der Waals surface area contributed by atoms with Gasteiger partial charge in [0.25, 0.3) is 0 Å². The highest BCUT2D eigenvalue weighted by molar-refractivity contribution is 7.47. The van der Waals surface area contributed by atoms with Crippen molar-refractivity contribution in [1.82, 2.24) is 0 Å². The first kappa shape index (κ1) is 54.4. The number of hydrogen-bond acceptors (Lipinski definition) is 20. The molecule has 25 heteroatoms. The van der Waals surface area contributed by atoms with E-state index in [4.69, 9.17) is 53.7 Å². The highest BCUT2D eigenvalue weighted by atomic mass is 31.2. The number of carbonyl (C=O) groups excluding carboxylic acids is 2. The lowest BCUT2D eigenvalue weighted by Crippen LogP contribution is -2.65. The lowest BCUT2D eigenvalue weighted by atomic mass is 9.92. The van der Waals surface area contributed by atoms with Crippen LogP contribution in [0, 0.1) is 5.92 Å². The molecule has 3 rings (SSSR count). The Kier molecular flexibility index (Phi) is 21.6. The summed E-state index contributed by atoms with van der Waals surface area (Å²) in [6.07, 6.45) is -20.3. The van der Waals surface area contributed by atoms with Crippen molar-refractivity contribution in [3.05, 3.63) is 34.9 Å². The van der Waals surface area contributed by atoms with E-state index in [1.807, 2.05) is 27.7 Å². The molecule has 13 N–H and O–H groups in total. The first-order valence-electron chi connectivity index (χ1n) is 20.1. The number of hydrogen-bond donors (Lipinski definition) is 11. The molecule has 2 amide bonds. The van der Waals surface area contributed by atoms with Crippen molar-refractivity contribution in [2.45, 2.75) is 152 Å². The molecule has 0 aromatic carbocycles. The standard InChI is InChI=1S/C38H63N2O22P/c1-17(2)8-6-9-18(3)10-7-11-19(4)12-13-54-23(34(49)50)16-56-63(52,53)62-37-32(30(61-38(40)51)29(47)31(59-37)33(39)48)60-35-20(5)24(42)26(44)22(58-35)15-55-36-28(46)27(45)25(43)21(14-41)57-36/h8,10,12,20-32,35-37,41-47H,6-7,9,11,13-16H2,1-5H3,(H2,39,48)(H2,40,51)(H,49,50)(H,52,53)/b18-10+,19-12-/t20?,21?,22?,23-,24+,25+,26+,27-,28?,29+,30-,31?,32?,35-,36+,37+/m0/s1. The maximum Gasteiger partial charge on any atom is 0.474 e. The normalized spacial score (nSPS) is 35.6. The quantitative estimate of drug-likeness (QED) is 0.0403. The fourth-order valence-corrected chi connectivity index (χ4v) is 7.45. The van der Waals surface area contributed by atoms with Crippen LogP contribution in [0.4, 0.5) is 4.79 Å². The molecule has 0 spiro atoms. The van der Waals surface area contributed by atoms with Crippen LogP contribution in [0.5, 0.6) is 0 Å². The van der Waals surface area contributed by atoms with Gasteiger partial charge in [-0.05, 0) is 53.4 Å². The van der Waals surface area contributed by atoms with Gasteiger partial charge in [-0.25, -0.2) is 14.2 Å². The van der Waals surface area contributed by atoms with Crippen molar-refractivity contribution in [3.8, 4) is 0 Å². The molecule has 0 radical (unpaired) electrons. The number of phosphoric ester groups is 1. The summed E-state index contributed by atoms with van der Waals surface area (Å²) in [7, 11) is -5.49. The summed E-state index contributed by atoms with van der Waals surface area (Å²) in [4.78, 5) is 47.1. The fraction of sp³-hybridized carbons (Fsp3) is 0.763. The second kappa shape index (κ2) is 25.1. The summed E-state index contributed by atoms with van der Waals surface area (Å²) in [5.74, 6) is -4.20. The highest BCUT2D eigenvalue weighted by Gasteiger charge is 2.55. The monoisotopic (exact) mass is 930 g/mol. The smallest absolute Gasteiger partial charge is 0.474 e. The van der Waals surface area contributed by atoms with Crippen molar-refractivity contribution >= 4 is 25.8 Å². The molecule has 0 aromatic rings. The van der Waals surface area contributed by atoms with Crippen LogP contribution in [0.2, 0.25) is 0 Å². The minimum atomic E-state index is -5.49. The number of allylic oxidation sites excluding steroid dienone is 5. The predicted molar refractivity (Wildman–Crippen MR) is 212 cm³/mol. The third kappa shape index (κ3) is 16.1. The Labute approximate surface area is 363 Å². The van der Waals surface area contributed by atoms with E-state index in [0.29, 0.717) is 6.42 Å². The molecule has 0 aliphatic carbocycles. The average molecular weight is 931 g/mol. The summed E-state index contributed by atoms with van der Waals surface area (Å²) in [5, 5.41) is 82.5. The van der Waals surface area contributed by atoms with Crippen molar-refractivity contribution in [3.63, 3.8) is 0 Å². The van der Waals surface area contributed by atoms with Gasteiger partial charge in [-0.1, -0.05) is 41.9 Å². The SMILES string of the molecule is CC(C)=CCC/C(C)=C/CC/C(C)=C\CO[C@@H](COP(=O)(O)O[C@H]1OC(C(N)=O)[C@H](O)[C@H](OC(N)=O)C1O[C@@H]1OC(CO[C@@H]2OC(CO)[C@@H](O)[C@H](O)C2O)[C@@H](O)[C@H](O)C1C)C(=O)O. The van der Waals surface area contributed by atoms with E-state index < -0.39 is 144 Å². The molecule has 0 bridgehead atoms. The number of carboxylic acid groups (broad SMARTS) is 1. The van der Waals surface area contributed by atoms with E-state index >= 15 is 0 Å². The van der Waals surface area contributed by atoms with Gasteiger partial charge in [-0.15, -0.1) is 0 Å². The summed E-state index contributed by atoms with van der Waals surface area (Å²) < 4.78 is 61.6. The minimum Gasteiger partial charge on any atom is -0.479 e. The molecule has 3 aliphatic rings. The van der Waals surface area contributed by atoms with Crippen LogP contribution in [0.25, 0.3) is 0 Å². The topological polar surface area (TPSA) is 385 Å². The van der Waals surface area contributed by atoms with Crippen LogP contribution in [0.3, 0.4) is 0 Å². The second-order valence-electron chi connectivity index (χ2n) is 15.7. The van der Waals surface area contributed by atoms with Crippen molar-refractivity contribution in [2.75, 3.05) is 26.4 Å². The lowest BCUT2D eigenvalue weighted by Gasteiger charge is -2.47. The predicted octanol–water partition coefficient (Wildman–Crippen LogP) is -1.67. The van der Waals surface area contributed by atoms with Gasteiger partial charge in [-0.2, -0.15) is 0 Å². The molecule has 3 saturated heterocycles. The molecule has 7 unspecified atom stereocenters. The Morgan fingerprint density at radius 3 is 1.95 bits per heavy atom. The number of phosphoric acid groups is 1. The molecule has 0 aromatic heterocycles. The number of carboxylic acids is 1. The Balaban J connectivity index is 1.76. The van der Waals surface area contributed by atoms with Crippen molar-refractivity contribution < 1.29 is 107 Å². The number of aliphatic hydroxyl groups is 7. The second-order valence-corrected chi connectivity index (χ2v) is 17.1. The van der Waals surface area contributed by atoms with Crippen molar-refractivity contribution in [2.24, 2.45) is 17.4 Å². The first-order chi connectivity index (χ1) is 29.5. The van der Waals surface area contributed by atoms with E-state index in [-0.39, 0.29) is 6.61 Å². The van der Waals surface area contributed by atoms with Crippen LogP contribution in [0.1, 0.15) is 60.3 Å². The van der Waals surface area contributed by atoms with E-state index in [2.05, 4.69) is 12.2 Å². The third-order valence-electron chi connectivity index (χ3n) is 10.4. The Morgan fingerprint density at radius 1 is 0.762 bits per heavy atom. The van der Waals surface area contributed by atoms with Gasteiger partial charge in [0, 0.05) is 5.92 Å². The summed E-state index contributed by atoms with van der Waals surface area (Å²) in [6.45, 7) is 6.44. The van der Waals surface area contributed by atoms with Gasteiger partial charge < -0.3 is 90.4 Å². The number of nitrogens with two attached hydrogens (primary N) is 2. The molecule has 0 saturated carbocycles. The molecule has 3 heterocycles. The molecular formula is C38H63N2O22P. The molecule has 3 aliphatic heterocycles. The zero-order chi connectivity index (χ0) is 47.3. The number of ether oxygens (including phenoxy) is 7. The molecule has 17 atom stereocenters. The molecule has 3 fully saturated rings. The summed E-state index contributed by atoms with van der Waals surface area (Å²) in [5.41, 5.74) is 13.9.